The van der Waals surface area contributed by atoms with Crippen LogP contribution in [0.1, 0.15) is 16.8 Å². The zero-order valence-corrected chi connectivity index (χ0v) is 17.0. The highest BCUT2D eigenvalue weighted by Crippen LogP contribution is 2.34. The molecule has 0 unspecified atom stereocenters. The number of aryl methyl sites for hydroxylation is 1. The number of carbonyl (C=O) groups is 2. The van der Waals surface area contributed by atoms with E-state index in [1.807, 2.05) is 48.0 Å². The Balaban J connectivity index is 1.62. The SMILES string of the molecule is Cc1ccc(-n2cccc2/C=C2\SC(=O)N(Cc3ccccc3F)C2=O)cc1Cl. The number of thioether (sulfide) groups is 1. The highest BCUT2D eigenvalue weighted by atomic mass is 35.5. The van der Waals surface area contributed by atoms with Crippen LogP contribution >= 0.6 is 23.4 Å². The third-order valence-corrected chi connectivity index (χ3v) is 5.97. The molecule has 1 saturated heterocycles. The van der Waals surface area contributed by atoms with E-state index in [1.54, 1.807) is 24.3 Å². The third kappa shape index (κ3) is 3.86. The van der Waals surface area contributed by atoms with Crippen LogP contribution in [-0.2, 0) is 11.3 Å². The molecule has 1 aliphatic heterocycles. The largest absolute Gasteiger partial charge is 0.317 e. The lowest BCUT2D eigenvalue weighted by molar-refractivity contribution is -0.123. The van der Waals surface area contributed by atoms with Gasteiger partial charge in [0, 0.05) is 28.2 Å². The summed E-state index contributed by atoms with van der Waals surface area (Å²) in [6.07, 6.45) is 3.52. The maximum Gasteiger partial charge on any atom is 0.293 e. The van der Waals surface area contributed by atoms with Crippen LogP contribution in [0.3, 0.4) is 0 Å². The number of rotatable bonds is 4. The molecule has 0 spiro atoms. The minimum atomic E-state index is -0.444. The lowest BCUT2D eigenvalue weighted by Crippen LogP contribution is -2.27. The van der Waals surface area contributed by atoms with Crippen LogP contribution in [0.5, 0.6) is 0 Å². The normalized spacial score (nSPS) is 15.6. The van der Waals surface area contributed by atoms with Crippen molar-refractivity contribution in [3.8, 4) is 5.69 Å². The molecule has 4 nitrogen and oxygen atoms in total. The standard InChI is InChI=1S/C22H16ClFN2O2S/c1-14-8-9-17(11-18(14)23)25-10-4-6-16(25)12-20-21(27)26(22(28)29-20)13-15-5-2-3-7-19(15)24/h2-12H,13H2,1H3/b20-12-. The van der Waals surface area contributed by atoms with Gasteiger partial charge in [0.1, 0.15) is 5.82 Å². The summed E-state index contributed by atoms with van der Waals surface area (Å²) >= 11 is 7.09. The molecule has 0 atom stereocenters. The maximum atomic E-state index is 13.9. The van der Waals surface area contributed by atoms with Gasteiger partial charge in [-0.25, -0.2) is 4.39 Å². The van der Waals surface area contributed by atoms with Crippen LogP contribution in [0.2, 0.25) is 5.02 Å². The van der Waals surface area contributed by atoms with Gasteiger partial charge in [-0.2, -0.15) is 0 Å². The zero-order chi connectivity index (χ0) is 20.5. The van der Waals surface area contributed by atoms with Crippen molar-refractivity contribution >= 4 is 40.6 Å². The quantitative estimate of drug-likeness (QED) is 0.494. The molecule has 2 aromatic carbocycles. The number of amides is 2. The molecule has 0 radical (unpaired) electrons. The van der Waals surface area contributed by atoms with Crippen molar-refractivity contribution in [3.05, 3.63) is 93.4 Å². The van der Waals surface area contributed by atoms with Crippen LogP contribution in [0.4, 0.5) is 9.18 Å². The molecule has 0 aliphatic carbocycles. The maximum absolute atomic E-state index is 13.9. The van der Waals surface area contributed by atoms with Gasteiger partial charge in [0.15, 0.2) is 0 Å². The summed E-state index contributed by atoms with van der Waals surface area (Å²) in [6, 6.07) is 15.5. The first-order chi connectivity index (χ1) is 13.9. The Morgan fingerprint density at radius 2 is 1.90 bits per heavy atom. The fourth-order valence-electron chi connectivity index (χ4n) is 3.05. The second kappa shape index (κ2) is 7.89. The minimum absolute atomic E-state index is 0.0940. The Labute approximate surface area is 176 Å². The first-order valence-electron chi connectivity index (χ1n) is 8.86. The van der Waals surface area contributed by atoms with Gasteiger partial charge in [-0.05, 0) is 60.7 Å². The smallest absolute Gasteiger partial charge is 0.293 e. The average Bonchev–Trinajstić information content (AvgIpc) is 3.26. The van der Waals surface area contributed by atoms with E-state index >= 15 is 0 Å². The predicted octanol–water partition coefficient (Wildman–Crippen LogP) is 5.81. The number of halogens is 2. The second-order valence-corrected chi connectivity index (χ2v) is 8.00. The van der Waals surface area contributed by atoms with Gasteiger partial charge in [0.25, 0.3) is 11.1 Å². The van der Waals surface area contributed by atoms with Gasteiger partial charge in [-0.1, -0.05) is 35.9 Å². The van der Waals surface area contributed by atoms with E-state index in [-0.39, 0.29) is 6.54 Å². The van der Waals surface area contributed by atoms with Crippen molar-refractivity contribution in [1.29, 1.82) is 0 Å². The van der Waals surface area contributed by atoms with Crippen LogP contribution < -0.4 is 0 Å². The van der Waals surface area contributed by atoms with E-state index in [0.29, 0.717) is 15.5 Å². The molecule has 1 aliphatic rings. The first-order valence-corrected chi connectivity index (χ1v) is 10.1. The molecule has 7 heteroatoms. The van der Waals surface area contributed by atoms with Crippen LogP contribution in [0, 0.1) is 12.7 Å². The molecule has 0 saturated carbocycles. The summed E-state index contributed by atoms with van der Waals surface area (Å²) in [5, 5.41) is 0.230. The van der Waals surface area contributed by atoms with Gasteiger partial charge in [-0.15, -0.1) is 0 Å². The molecule has 0 N–H and O–H groups in total. The molecule has 4 rings (SSSR count). The monoisotopic (exact) mass is 426 g/mol. The van der Waals surface area contributed by atoms with Crippen molar-refractivity contribution in [2.75, 3.05) is 0 Å². The molecule has 29 heavy (non-hydrogen) atoms. The highest BCUT2D eigenvalue weighted by Gasteiger charge is 2.35. The van der Waals surface area contributed by atoms with E-state index in [4.69, 9.17) is 11.6 Å². The summed E-state index contributed by atoms with van der Waals surface area (Å²) in [4.78, 5) is 26.5. The molecule has 1 fully saturated rings. The molecule has 146 valence electrons. The lowest BCUT2D eigenvalue weighted by Gasteiger charge is -2.13. The summed E-state index contributed by atoms with van der Waals surface area (Å²) in [7, 11) is 0. The number of imide groups is 1. The molecular formula is C22H16ClFN2O2S. The summed E-state index contributed by atoms with van der Waals surface area (Å²) < 4.78 is 15.8. The van der Waals surface area contributed by atoms with Crippen LogP contribution in [-0.4, -0.2) is 20.6 Å². The van der Waals surface area contributed by atoms with Crippen molar-refractivity contribution < 1.29 is 14.0 Å². The molecule has 2 amide bonds. The fraction of sp³-hybridized carbons (Fsp3) is 0.0909. The van der Waals surface area contributed by atoms with E-state index in [2.05, 4.69) is 0 Å². The van der Waals surface area contributed by atoms with Crippen LogP contribution in [0.25, 0.3) is 11.8 Å². The first kappa shape index (κ1) is 19.5. The second-order valence-electron chi connectivity index (χ2n) is 6.60. The summed E-state index contributed by atoms with van der Waals surface area (Å²) in [5.74, 6) is -0.876. The summed E-state index contributed by atoms with van der Waals surface area (Å²) in [5.41, 5.74) is 2.86. The van der Waals surface area contributed by atoms with Gasteiger partial charge < -0.3 is 4.57 Å². The highest BCUT2D eigenvalue weighted by molar-refractivity contribution is 8.18. The predicted molar refractivity (Wildman–Crippen MR) is 113 cm³/mol. The summed E-state index contributed by atoms with van der Waals surface area (Å²) in [6.45, 7) is 1.83. The third-order valence-electron chi connectivity index (χ3n) is 4.65. The molecule has 0 bridgehead atoms. The Morgan fingerprint density at radius 1 is 1.10 bits per heavy atom. The Morgan fingerprint density at radius 3 is 2.66 bits per heavy atom. The molecule has 2 heterocycles. The molecular weight excluding hydrogens is 411 g/mol. The Bertz CT molecular complexity index is 1160. The van der Waals surface area contributed by atoms with Gasteiger partial charge in [-0.3, -0.25) is 14.5 Å². The fourth-order valence-corrected chi connectivity index (χ4v) is 4.04. The number of hydrogen-bond donors (Lipinski definition) is 0. The van der Waals surface area contributed by atoms with E-state index < -0.39 is 17.0 Å². The number of nitrogens with zero attached hydrogens (tertiary/aromatic N) is 2. The average molecular weight is 427 g/mol. The van der Waals surface area contributed by atoms with Crippen LogP contribution in [0.15, 0.2) is 65.7 Å². The van der Waals surface area contributed by atoms with Gasteiger partial charge >= 0.3 is 0 Å². The van der Waals surface area contributed by atoms with Gasteiger partial charge in [0.05, 0.1) is 11.4 Å². The number of aromatic nitrogens is 1. The minimum Gasteiger partial charge on any atom is -0.317 e. The van der Waals surface area contributed by atoms with Crippen molar-refractivity contribution in [3.63, 3.8) is 0 Å². The van der Waals surface area contributed by atoms with E-state index in [9.17, 15) is 14.0 Å². The Hall–Kier alpha value is -2.83. The zero-order valence-electron chi connectivity index (χ0n) is 15.4. The topological polar surface area (TPSA) is 42.3 Å². The van der Waals surface area contributed by atoms with E-state index in [0.717, 1.165) is 33.6 Å². The number of hydrogen-bond acceptors (Lipinski definition) is 3. The molecule has 1 aromatic heterocycles. The van der Waals surface area contributed by atoms with Crippen molar-refractivity contribution in [1.82, 2.24) is 9.47 Å². The van der Waals surface area contributed by atoms with E-state index in [1.165, 1.54) is 6.07 Å². The lowest BCUT2D eigenvalue weighted by atomic mass is 10.2. The Kier molecular flexibility index (Phi) is 5.30. The number of carbonyl (C=O) groups excluding carboxylic acids is 2. The molecule has 3 aromatic rings. The van der Waals surface area contributed by atoms with Gasteiger partial charge in [0.2, 0.25) is 0 Å². The van der Waals surface area contributed by atoms with Crippen molar-refractivity contribution in [2.45, 2.75) is 13.5 Å². The van der Waals surface area contributed by atoms with Crippen molar-refractivity contribution in [2.24, 2.45) is 0 Å². The number of benzene rings is 2.